The maximum atomic E-state index is 11.7. The second-order valence-corrected chi connectivity index (χ2v) is 5.90. The van der Waals surface area contributed by atoms with E-state index in [4.69, 9.17) is 4.74 Å². The van der Waals surface area contributed by atoms with E-state index in [1.165, 1.54) is 0 Å². The first-order valence-electron chi connectivity index (χ1n) is 6.77. The van der Waals surface area contributed by atoms with Crippen LogP contribution >= 0.6 is 0 Å². The molecule has 0 unspecified atom stereocenters. The quantitative estimate of drug-likeness (QED) is 0.734. The molecule has 0 aliphatic rings. The molecule has 0 radical (unpaired) electrons. The minimum atomic E-state index is -0.0121. The number of ketones is 1. The van der Waals surface area contributed by atoms with Gasteiger partial charge in [-0.15, -0.1) is 0 Å². The van der Waals surface area contributed by atoms with Crippen LogP contribution in [0.5, 0.6) is 11.5 Å². The molecule has 0 fully saturated rings. The van der Waals surface area contributed by atoms with Gasteiger partial charge in [-0.1, -0.05) is 51.1 Å². The van der Waals surface area contributed by atoms with Crippen molar-refractivity contribution < 1.29 is 9.53 Å². The van der Waals surface area contributed by atoms with Crippen molar-refractivity contribution in [2.75, 3.05) is 0 Å². The molecule has 2 aromatic rings. The van der Waals surface area contributed by atoms with Crippen LogP contribution in [0, 0.1) is 0 Å². The molecule has 0 aromatic heterocycles. The van der Waals surface area contributed by atoms with Crippen LogP contribution in [0.1, 0.15) is 43.6 Å². The number of ether oxygens (including phenoxy) is 1. The zero-order valence-corrected chi connectivity index (χ0v) is 12.4. The molecule has 2 nitrogen and oxygen atoms in total. The highest BCUT2D eigenvalue weighted by Gasteiger charge is 2.19. The first kappa shape index (κ1) is 14.3. The molecule has 0 saturated heterocycles. The highest BCUT2D eigenvalue weighted by Crippen LogP contribution is 2.35. The van der Waals surface area contributed by atoms with Crippen LogP contribution in [-0.4, -0.2) is 5.78 Å². The van der Waals surface area contributed by atoms with Crippen molar-refractivity contribution in [3.8, 4) is 11.5 Å². The lowest BCUT2D eigenvalue weighted by molar-refractivity contribution is 0.101. The molecule has 0 N–H and O–H groups in total. The summed E-state index contributed by atoms with van der Waals surface area (Å²) in [6, 6.07) is 15.3. The van der Waals surface area contributed by atoms with E-state index in [9.17, 15) is 4.79 Å². The Morgan fingerprint density at radius 2 is 1.45 bits per heavy atom. The zero-order chi connectivity index (χ0) is 14.8. The fourth-order valence-corrected chi connectivity index (χ4v) is 2.14. The largest absolute Gasteiger partial charge is 0.456 e. The topological polar surface area (TPSA) is 26.3 Å². The van der Waals surface area contributed by atoms with E-state index in [2.05, 4.69) is 26.8 Å². The second-order valence-electron chi connectivity index (χ2n) is 5.90. The van der Waals surface area contributed by atoms with Gasteiger partial charge < -0.3 is 4.74 Å². The average Bonchev–Trinajstić information content (AvgIpc) is 2.38. The molecule has 20 heavy (non-hydrogen) atoms. The minimum absolute atomic E-state index is 0.00818. The smallest absolute Gasteiger partial charge is 0.163 e. The molecule has 0 spiro atoms. The minimum Gasteiger partial charge on any atom is -0.456 e. The molecular formula is C18H20O2. The Hall–Kier alpha value is -2.09. The van der Waals surface area contributed by atoms with E-state index < -0.39 is 0 Å². The van der Waals surface area contributed by atoms with Crippen LogP contribution in [0.4, 0.5) is 0 Å². The Labute approximate surface area is 120 Å². The summed E-state index contributed by atoms with van der Waals surface area (Å²) in [6.07, 6.45) is 0. The maximum Gasteiger partial charge on any atom is 0.163 e. The number of benzene rings is 2. The maximum absolute atomic E-state index is 11.7. The summed E-state index contributed by atoms with van der Waals surface area (Å²) < 4.78 is 6.01. The van der Waals surface area contributed by atoms with Gasteiger partial charge in [0.2, 0.25) is 0 Å². The lowest BCUT2D eigenvalue weighted by atomic mass is 9.86. The fourth-order valence-electron chi connectivity index (χ4n) is 2.14. The van der Waals surface area contributed by atoms with Gasteiger partial charge in [-0.25, -0.2) is 0 Å². The molecule has 0 heterocycles. The van der Waals surface area contributed by atoms with E-state index >= 15 is 0 Å². The monoisotopic (exact) mass is 268 g/mol. The Morgan fingerprint density at radius 3 is 2.05 bits per heavy atom. The third kappa shape index (κ3) is 3.08. The Morgan fingerprint density at radius 1 is 0.900 bits per heavy atom. The zero-order valence-electron chi connectivity index (χ0n) is 12.4. The summed E-state index contributed by atoms with van der Waals surface area (Å²) in [6.45, 7) is 7.99. The van der Waals surface area contributed by atoms with E-state index in [-0.39, 0.29) is 11.2 Å². The lowest BCUT2D eigenvalue weighted by Crippen LogP contribution is -2.12. The van der Waals surface area contributed by atoms with Crippen molar-refractivity contribution in [3.63, 3.8) is 0 Å². The van der Waals surface area contributed by atoms with Gasteiger partial charge in [0.1, 0.15) is 11.5 Å². The van der Waals surface area contributed by atoms with Gasteiger partial charge in [-0.3, -0.25) is 4.79 Å². The number of hydrogen-bond acceptors (Lipinski definition) is 2. The summed E-state index contributed by atoms with van der Waals surface area (Å²) in [5.41, 5.74) is 1.72. The molecular weight excluding hydrogens is 248 g/mol. The number of carbonyl (C=O) groups excluding carboxylic acids is 1. The highest BCUT2D eigenvalue weighted by atomic mass is 16.5. The van der Waals surface area contributed by atoms with Crippen molar-refractivity contribution >= 4 is 5.78 Å². The molecule has 0 saturated carbocycles. The predicted octanol–water partition coefficient (Wildman–Crippen LogP) is 4.98. The van der Waals surface area contributed by atoms with Gasteiger partial charge in [0.15, 0.2) is 5.78 Å². The number of carbonyl (C=O) groups is 1. The number of rotatable bonds is 3. The Balaban J connectivity index is 2.44. The molecule has 0 atom stereocenters. The standard InChI is InChI=1S/C18H20O2/c1-13(19)14-9-5-7-11-16(14)20-17-12-8-6-10-15(17)18(2,3)4/h5-12H,1-4H3. The number of Topliss-reactive ketones (excluding diaryl/α,β-unsaturated/α-hetero) is 1. The summed E-state index contributed by atoms with van der Waals surface area (Å²) in [5, 5.41) is 0. The van der Waals surface area contributed by atoms with Crippen molar-refractivity contribution in [1.82, 2.24) is 0 Å². The van der Waals surface area contributed by atoms with Gasteiger partial charge in [0.25, 0.3) is 0 Å². The first-order valence-corrected chi connectivity index (χ1v) is 6.77. The van der Waals surface area contributed by atoms with Gasteiger partial charge in [-0.05, 0) is 30.5 Å². The van der Waals surface area contributed by atoms with Crippen molar-refractivity contribution in [3.05, 3.63) is 59.7 Å². The Kier molecular flexibility index (Phi) is 3.93. The van der Waals surface area contributed by atoms with Crippen LogP contribution in [0.2, 0.25) is 0 Å². The summed E-state index contributed by atoms with van der Waals surface area (Å²) >= 11 is 0. The van der Waals surface area contributed by atoms with Gasteiger partial charge >= 0.3 is 0 Å². The van der Waals surface area contributed by atoms with Crippen molar-refractivity contribution in [2.24, 2.45) is 0 Å². The third-order valence-electron chi connectivity index (χ3n) is 3.18. The fraction of sp³-hybridized carbons (Fsp3) is 0.278. The first-order chi connectivity index (χ1) is 9.39. The highest BCUT2D eigenvalue weighted by molar-refractivity contribution is 5.96. The molecule has 104 valence electrons. The summed E-state index contributed by atoms with van der Waals surface area (Å²) in [4.78, 5) is 11.7. The third-order valence-corrected chi connectivity index (χ3v) is 3.18. The van der Waals surface area contributed by atoms with E-state index in [0.29, 0.717) is 11.3 Å². The second kappa shape index (κ2) is 5.49. The van der Waals surface area contributed by atoms with Crippen molar-refractivity contribution in [2.45, 2.75) is 33.1 Å². The van der Waals surface area contributed by atoms with Crippen molar-refractivity contribution in [1.29, 1.82) is 0 Å². The molecule has 0 bridgehead atoms. The average molecular weight is 268 g/mol. The number of hydrogen-bond donors (Lipinski definition) is 0. The predicted molar refractivity (Wildman–Crippen MR) is 81.7 cm³/mol. The van der Waals surface area contributed by atoms with Crippen LogP contribution in [0.3, 0.4) is 0 Å². The molecule has 2 aromatic carbocycles. The number of para-hydroxylation sites is 2. The molecule has 0 aliphatic carbocycles. The van der Waals surface area contributed by atoms with Crippen LogP contribution in [0.25, 0.3) is 0 Å². The van der Waals surface area contributed by atoms with Gasteiger partial charge in [0, 0.05) is 5.56 Å². The summed E-state index contributed by atoms with van der Waals surface area (Å²) in [5.74, 6) is 1.42. The molecule has 0 aliphatic heterocycles. The van der Waals surface area contributed by atoms with Crippen LogP contribution in [0.15, 0.2) is 48.5 Å². The summed E-state index contributed by atoms with van der Waals surface area (Å²) in [7, 11) is 0. The normalized spacial score (nSPS) is 11.2. The van der Waals surface area contributed by atoms with Gasteiger partial charge in [0.05, 0.1) is 5.56 Å². The van der Waals surface area contributed by atoms with Crippen LogP contribution in [-0.2, 0) is 5.41 Å². The Bertz CT molecular complexity index is 621. The van der Waals surface area contributed by atoms with Crippen LogP contribution < -0.4 is 4.74 Å². The molecule has 2 rings (SSSR count). The van der Waals surface area contributed by atoms with E-state index in [1.54, 1.807) is 13.0 Å². The van der Waals surface area contributed by atoms with E-state index in [0.717, 1.165) is 11.3 Å². The molecule has 0 amide bonds. The van der Waals surface area contributed by atoms with Gasteiger partial charge in [-0.2, -0.15) is 0 Å². The lowest BCUT2D eigenvalue weighted by Gasteiger charge is -2.23. The SMILES string of the molecule is CC(=O)c1ccccc1Oc1ccccc1C(C)(C)C. The van der Waals surface area contributed by atoms with E-state index in [1.807, 2.05) is 36.4 Å². The molecule has 2 heteroatoms.